The molecule has 1 aromatic heterocycles. The van der Waals surface area contributed by atoms with Gasteiger partial charge in [0.05, 0.1) is 0 Å². The van der Waals surface area contributed by atoms with Gasteiger partial charge < -0.3 is 0 Å². The lowest BCUT2D eigenvalue weighted by atomic mass is 9.95. The van der Waals surface area contributed by atoms with Crippen molar-refractivity contribution in [1.82, 2.24) is 0 Å². The van der Waals surface area contributed by atoms with Crippen molar-refractivity contribution in [1.29, 1.82) is 0 Å². The first-order chi connectivity index (χ1) is 11.7. The van der Waals surface area contributed by atoms with Gasteiger partial charge in [-0.3, -0.25) is 0 Å². The average Bonchev–Trinajstić information content (AvgIpc) is 2.93. The Hall–Kier alpha value is -2.12. The zero-order chi connectivity index (χ0) is 17.1. The average molecular weight is 333 g/mol. The van der Waals surface area contributed by atoms with Gasteiger partial charge in [-0.2, -0.15) is 0 Å². The van der Waals surface area contributed by atoms with Gasteiger partial charge in [-0.1, -0.05) is 68.8 Å². The number of aryl methyl sites for hydroxylation is 2. The Morgan fingerprint density at radius 3 is 2.04 bits per heavy atom. The van der Waals surface area contributed by atoms with E-state index in [-0.39, 0.29) is 0 Å². The number of benzene rings is 3. The fourth-order valence-corrected chi connectivity index (χ4v) is 4.30. The van der Waals surface area contributed by atoms with E-state index in [4.69, 9.17) is 0 Å². The van der Waals surface area contributed by atoms with Gasteiger partial charge in [-0.25, -0.2) is 0 Å². The third-order valence-corrected chi connectivity index (χ3v) is 5.28. The second kappa shape index (κ2) is 7.19. The summed E-state index contributed by atoms with van der Waals surface area (Å²) < 4.78 is 2.74. The number of fused-ring (bicyclic) bond motifs is 3. The maximum atomic E-state index is 2.34. The number of thiophene rings is 1. The molecule has 0 aliphatic heterocycles. The summed E-state index contributed by atoms with van der Waals surface area (Å²) in [6.45, 7) is 8.63. The smallest absolute Gasteiger partial charge is 0.0361 e. The molecule has 1 heterocycles. The van der Waals surface area contributed by atoms with Crippen molar-refractivity contribution in [3.8, 4) is 11.1 Å². The van der Waals surface area contributed by atoms with Gasteiger partial charge in [0, 0.05) is 20.2 Å². The molecule has 0 fully saturated rings. The lowest BCUT2D eigenvalue weighted by Gasteiger charge is -2.10. The molecule has 1 heteroatoms. The van der Waals surface area contributed by atoms with Crippen molar-refractivity contribution < 1.29 is 0 Å². The molecule has 4 rings (SSSR count). The lowest BCUT2D eigenvalue weighted by Crippen LogP contribution is -1.87. The molecule has 0 N–H and O–H groups in total. The molecule has 0 amide bonds. The van der Waals surface area contributed by atoms with Crippen LogP contribution in [-0.4, -0.2) is 0 Å². The van der Waals surface area contributed by atoms with E-state index in [0.717, 1.165) is 0 Å². The van der Waals surface area contributed by atoms with Crippen LogP contribution in [0.3, 0.4) is 0 Å². The van der Waals surface area contributed by atoms with Crippen LogP contribution in [0.25, 0.3) is 31.3 Å². The Bertz CT molecular complexity index is 956. The van der Waals surface area contributed by atoms with Crippen molar-refractivity contribution in [2.24, 2.45) is 0 Å². The van der Waals surface area contributed by atoms with E-state index in [0.29, 0.717) is 0 Å². The van der Waals surface area contributed by atoms with Gasteiger partial charge in [0.15, 0.2) is 0 Å². The second-order valence-corrected chi connectivity index (χ2v) is 7.37. The highest BCUT2D eigenvalue weighted by Crippen LogP contribution is 2.37. The minimum absolute atomic E-state index is 1.25. The highest BCUT2D eigenvalue weighted by atomic mass is 32.1. The summed E-state index contributed by atoms with van der Waals surface area (Å²) in [5, 5.41) is 2.73. The molecule has 0 saturated carbocycles. The molecule has 0 aliphatic carbocycles. The molecule has 0 unspecified atom stereocenters. The van der Waals surface area contributed by atoms with Gasteiger partial charge >= 0.3 is 0 Å². The molecule has 0 bridgehead atoms. The fraction of sp³-hybridized carbons (Fsp3) is 0.217. The Labute approximate surface area is 148 Å². The van der Waals surface area contributed by atoms with Gasteiger partial charge in [-0.15, -0.1) is 11.3 Å². The highest BCUT2D eigenvalue weighted by molar-refractivity contribution is 7.25. The van der Waals surface area contributed by atoms with Crippen LogP contribution < -0.4 is 0 Å². The van der Waals surface area contributed by atoms with Gasteiger partial charge in [0.2, 0.25) is 0 Å². The third-order valence-electron chi connectivity index (χ3n) is 4.15. The van der Waals surface area contributed by atoms with Crippen LogP contribution in [0.15, 0.2) is 60.7 Å². The van der Waals surface area contributed by atoms with Crippen LogP contribution in [0.1, 0.15) is 31.4 Å². The normalized spacial score (nSPS) is 10.7. The molecule has 0 atom stereocenters. The first-order valence-electron chi connectivity index (χ1n) is 8.63. The summed E-state index contributed by atoms with van der Waals surface area (Å²) >= 11 is 1.88. The fourth-order valence-electron chi connectivity index (χ4n) is 3.15. The topological polar surface area (TPSA) is 0 Å². The monoisotopic (exact) mass is 332 g/mol. The molecule has 122 valence electrons. The second-order valence-electron chi connectivity index (χ2n) is 6.28. The van der Waals surface area contributed by atoms with Crippen LogP contribution >= 0.6 is 11.3 Å². The predicted octanol–water partition coefficient (Wildman–Crippen LogP) is 7.75. The van der Waals surface area contributed by atoms with Crippen LogP contribution in [0.2, 0.25) is 0 Å². The highest BCUT2D eigenvalue weighted by Gasteiger charge is 2.09. The molecule has 0 aliphatic rings. The molecule has 24 heavy (non-hydrogen) atoms. The van der Waals surface area contributed by atoms with Crippen LogP contribution in [0.5, 0.6) is 0 Å². The molecule has 0 nitrogen and oxygen atoms in total. The van der Waals surface area contributed by atoms with E-state index in [9.17, 15) is 0 Å². The number of rotatable bonds is 1. The zero-order valence-electron chi connectivity index (χ0n) is 14.9. The maximum absolute atomic E-state index is 2.34. The SMILES string of the molecule is CCC.Cc1cccc(C)c1-c1ccc2c(c1)sc1ccccc12. The van der Waals surface area contributed by atoms with Crippen molar-refractivity contribution in [2.75, 3.05) is 0 Å². The number of hydrogen-bond acceptors (Lipinski definition) is 1. The van der Waals surface area contributed by atoms with E-state index >= 15 is 0 Å². The van der Waals surface area contributed by atoms with Gasteiger partial charge in [0.1, 0.15) is 0 Å². The van der Waals surface area contributed by atoms with E-state index in [1.807, 2.05) is 11.3 Å². The minimum atomic E-state index is 1.25. The molecule has 0 radical (unpaired) electrons. The Morgan fingerprint density at radius 1 is 0.708 bits per heavy atom. The standard InChI is InChI=1S/C20H16S.C3H8/c1-13-6-5-7-14(2)20(13)15-10-11-17-16-8-3-4-9-18(16)21-19(17)12-15;1-3-2/h3-12H,1-2H3;3H2,1-2H3. The summed E-state index contributed by atoms with van der Waals surface area (Å²) in [4.78, 5) is 0. The van der Waals surface area contributed by atoms with E-state index in [1.54, 1.807) is 0 Å². The van der Waals surface area contributed by atoms with Crippen molar-refractivity contribution >= 4 is 31.5 Å². The van der Waals surface area contributed by atoms with Crippen molar-refractivity contribution in [3.05, 3.63) is 71.8 Å². The molecule has 0 spiro atoms. The van der Waals surface area contributed by atoms with Crippen molar-refractivity contribution in [3.63, 3.8) is 0 Å². The predicted molar refractivity (Wildman–Crippen MR) is 110 cm³/mol. The summed E-state index contributed by atoms with van der Waals surface area (Å²) in [6, 6.07) is 22.0. The number of hydrogen-bond donors (Lipinski definition) is 0. The molecular weight excluding hydrogens is 308 g/mol. The minimum Gasteiger partial charge on any atom is -0.135 e. The van der Waals surface area contributed by atoms with Crippen molar-refractivity contribution in [2.45, 2.75) is 34.1 Å². The zero-order valence-corrected chi connectivity index (χ0v) is 15.7. The van der Waals surface area contributed by atoms with E-state index in [2.05, 4.69) is 88.4 Å². The Morgan fingerprint density at radius 2 is 1.33 bits per heavy atom. The summed E-state index contributed by atoms with van der Waals surface area (Å²) in [5.41, 5.74) is 5.38. The summed E-state index contributed by atoms with van der Waals surface area (Å²) in [6.07, 6.45) is 1.25. The Kier molecular flexibility index (Phi) is 5.01. The van der Waals surface area contributed by atoms with Gasteiger partial charge in [0.25, 0.3) is 0 Å². The molecule has 4 aromatic rings. The van der Waals surface area contributed by atoms with E-state index in [1.165, 1.54) is 48.8 Å². The Balaban J connectivity index is 0.000000526. The molecule has 3 aromatic carbocycles. The third kappa shape index (κ3) is 3.09. The van der Waals surface area contributed by atoms with Crippen LogP contribution in [0.4, 0.5) is 0 Å². The summed E-state index contributed by atoms with van der Waals surface area (Å²) in [5.74, 6) is 0. The van der Waals surface area contributed by atoms with Crippen LogP contribution in [0, 0.1) is 13.8 Å². The largest absolute Gasteiger partial charge is 0.135 e. The first-order valence-corrected chi connectivity index (χ1v) is 9.45. The maximum Gasteiger partial charge on any atom is 0.0361 e. The van der Waals surface area contributed by atoms with E-state index < -0.39 is 0 Å². The lowest BCUT2D eigenvalue weighted by molar-refractivity contribution is 1.09. The van der Waals surface area contributed by atoms with Crippen LogP contribution in [-0.2, 0) is 0 Å². The molecule has 0 saturated heterocycles. The molecular formula is C23H24S. The summed E-state index contributed by atoms with van der Waals surface area (Å²) in [7, 11) is 0. The van der Waals surface area contributed by atoms with Gasteiger partial charge in [-0.05, 0) is 48.2 Å². The quantitative estimate of drug-likeness (QED) is 0.334. The first kappa shape index (κ1) is 16.7.